The summed E-state index contributed by atoms with van der Waals surface area (Å²) in [6, 6.07) is 0. The number of ether oxygens (including phenoxy) is 1. The van der Waals surface area contributed by atoms with E-state index in [0.717, 1.165) is 0 Å². The maximum atomic E-state index is 12.5. The van der Waals surface area contributed by atoms with E-state index in [4.69, 9.17) is 11.6 Å². The van der Waals surface area contributed by atoms with Gasteiger partial charge in [-0.25, -0.2) is 9.18 Å². The van der Waals surface area contributed by atoms with Gasteiger partial charge in [-0.05, 0) is 13.8 Å². The van der Waals surface area contributed by atoms with E-state index in [1.54, 1.807) is 6.92 Å². The molecule has 0 N–H and O–H groups in total. The first kappa shape index (κ1) is 10.4. The van der Waals surface area contributed by atoms with Gasteiger partial charge in [0.05, 0.1) is 18.1 Å². The molecule has 0 saturated carbocycles. The van der Waals surface area contributed by atoms with E-state index in [-0.39, 0.29) is 18.1 Å². The summed E-state index contributed by atoms with van der Waals surface area (Å²) in [7, 11) is 0. The van der Waals surface area contributed by atoms with Gasteiger partial charge in [0.2, 0.25) is 0 Å². The van der Waals surface area contributed by atoms with Crippen molar-refractivity contribution in [3.05, 3.63) is 11.4 Å². The lowest BCUT2D eigenvalue weighted by Crippen LogP contribution is -2.06. The Balaban J connectivity index is 4.22. The summed E-state index contributed by atoms with van der Waals surface area (Å²) in [6.45, 7) is 3.24. The van der Waals surface area contributed by atoms with Crippen molar-refractivity contribution in [2.24, 2.45) is 0 Å². The van der Waals surface area contributed by atoms with Crippen LogP contribution in [-0.2, 0) is 9.53 Å². The Kier molecular flexibility index (Phi) is 4.86. The molecule has 0 unspecified atom stereocenters. The number of hydrogen-bond acceptors (Lipinski definition) is 2. The fourth-order valence-electron chi connectivity index (χ4n) is 0.450. The molecule has 0 aliphatic heterocycles. The van der Waals surface area contributed by atoms with Gasteiger partial charge in [-0.2, -0.15) is 0 Å². The number of alkyl halides is 1. The molecular weight excluding hydrogens is 171 g/mol. The molecule has 0 aromatic carbocycles. The van der Waals surface area contributed by atoms with E-state index < -0.39 is 11.8 Å². The van der Waals surface area contributed by atoms with Crippen LogP contribution in [0.4, 0.5) is 4.39 Å². The molecule has 0 aliphatic carbocycles. The molecule has 0 atom stereocenters. The quantitative estimate of drug-likeness (QED) is 0.378. The molecule has 2 nitrogen and oxygen atoms in total. The summed E-state index contributed by atoms with van der Waals surface area (Å²) in [5.41, 5.74) is -0.0538. The van der Waals surface area contributed by atoms with Crippen molar-refractivity contribution in [2.45, 2.75) is 13.8 Å². The van der Waals surface area contributed by atoms with Crippen LogP contribution in [0, 0.1) is 0 Å². The molecule has 0 radical (unpaired) electrons. The second-order valence-electron chi connectivity index (χ2n) is 1.88. The zero-order valence-electron chi connectivity index (χ0n) is 6.49. The van der Waals surface area contributed by atoms with E-state index in [1.807, 2.05) is 0 Å². The third kappa shape index (κ3) is 3.37. The molecule has 0 aliphatic rings. The van der Waals surface area contributed by atoms with Crippen molar-refractivity contribution in [3.8, 4) is 0 Å². The normalized spacial score (nSPS) is 12.4. The molecule has 0 aromatic rings. The van der Waals surface area contributed by atoms with Crippen LogP contribution < -0.4 is 0 Å². The van der Waals surface area contributed by atoms with Gasteiger partial charge in [0.15, 0.2) is 0 Å². The molecular formula is C7H10ClFO2. The summed E-state index contributed by atoms with van der Waals surface area (Å²) < 4.78 is 17.1. The average Bonchev–Trinajstić information content (AvgIpc) is 2.02. The lowest BCUT2D eigenvalue weighted by Gasteiger charge is -2.01. The maximum Gasteiger partial charge on any atom is 0.336 e. The van der Waals surface area contributed by atoms with Crippen molar-refractivity contribution >= 4 is 17.6 Å². The summed E-state index contributed by atoms with van der Waals surface area (Å²) in [6.07, 6.45) is 0. The van der Waals surface area contributed by atoms with E-state index in [9.17, 15) is 9.18 Å². The minimum atomic E-state index is -0.648. The van der Waals surface area contributed by atoms with Gasteiger partial charge in [0, 0.05) is 0 Å². The Morgan fingerprint density at radius 1 is 1.64 bits per heavy atom. The van der Waals surface area contributed by atoms with E-state index in [2.05, 4.69) is 4.74 Å². The summed E-state index contributed by atoms with van der Waals surface area (Å²) >= 11 is 5.15. The molecule has 0 heterocycles. The Morgan fingerprint density at radius 2 is 2.18 bits per heavy atom. The predicted octanol–water partition coefficient (Wildman–Crippen LogP) is 2.03. The van der Waals surface area contributed by atoms with Crippen molar-refractivity contribution in [3.63, 3.8) is 0 Å². The van der Waals surface area contributed by atoms with Crippen LogP contribution in [0.2, 0.25) is 0 Å². The van der Waals surface area contributed by atoms with Gasteiger partial charge in [-0.3, -0.25) is 0 Å². The molecule has 0 amide bonds. The van der Waals surface area contributed by atoms with Crippen LogP contribution in [-0.4, -0.2) is 18.5 Å². The van der Waals surface area contributed by atoms with E-state index >= 15 is 0 Å². The van der Waals surface area contributed by atoms with Crippen molar-refractivity contribution in [2.75, 3.05) is 12.5 Å². The standard InChI is InChI=1S/C7H10ClFO2/c1-3-11-7(10)5(2)6(9)4-8/h3-4H2,1-2H3/b6-5-. The highest BCUT2D eigenvalue weighted by molar-refractivity contribution is 6.19. The monoisotopic (exact) mass is 180 g/mol. The fraction of sp³-hybridized carbons (Fsp3) is 0.571. The molecule has 0 saturated heterocycles. The largest absolute Gasteiger partial charge is 0.463 e. The lowest BCUT2D eigenvalue weighted by atomic mass is 10.3. The van der Waals surface area contributed by atoms with Crippen molar-refractivity contribution < 1.29 is 13.9 Å². The topological polar surface area (TPSA) is 26.3 Å². The van der Waals surface area contributed by atoms with Crippen LogP contribution >= 0.6 is 11.6 Å². The Labute approximate surface area is 70.0 Å². The first-order valence-electron chi connectivity index (χ1n) is 3.21. The lowest BCUT2D eigenvalue weighted by molar-refractivity contribution is -0.138. The minimum absolute atomic E-state index is 0.0538. The molecule has 0 spiro atoms. The predicted molar refractivity (Wildman–Crippen MR) is 41.2 cm³/mol. The molecule has 0 rings (SSSR count). The van der Waals surface area contributed by atoms with Gasteiger partial charge in [0.1, 0.15) is 5.83 Å². The molecule has 0 fully saturated rings. The van der Waals surface area contributed by atoms with Crippen LogP contribution in [0.15, 0.2) is 11.4 Å². The molecule has 0 aromatic heterocycles. The number of allylic oxidation sites excluding steroid dienone is 1. The Morgan fingerprint density at radius 3 is 2.55 bits per heavy atom. The molecule has 4 heteroatoms. The minimum Gasteiger partial charge on any atom is -0.463 e. The number of hydrogen-bond donors (Lipinski definition) is 0. The maximum absolute atomic E-state index is 12.5. The van der Waals surface area contributed by atoms with Crippen LogP contribution in [0.1, 0.15) is 13.8 Å². The zero-order valence-corrected chi connectivity index (χ0v) is 7.24. The number of halogens is 2. The third-order valence-electron chi connectivity index (χ3n) is 1.11. The summed E-state index contributed by atoms with van der Waals surface area (Å²) in [5.74, 6) is -1.57. The highest BCUT2D eigenvalue weighted by Gasteiger charge is 2.09. The van der Waals surface area contributed by atoms with Crippen molar-refractivity contribution in [1.29, 1.82) is 0 Å². The van der Waals surface area contributed by atoms with Gasteiger partial charge >= 0.3 is 5.97 Å². The van der Waals surface area contributed by atoms with Crippen molar-refractivity contribution in [1.82, 2.24) is 0 Å². The fourth-order valence-corrected chi connectivity index (χ4v) is 0.651. The number of carbonyl (C=O) groups excluding carboxylic acids is 1. The van der Waals surface area contributed by atoms with Gasteiger partial charge in [0.25, 0.3) is 0 Å². The zero-order chi connectivity index (χ0) is 8.85. The summed E-state index contributed by atoms with van der Waals surface area (Å²) in [4.78, 5) is 10.8. The number of esters is 1. The smallest absolute Gasteiger partial charge is 0.336 e. The van der Waals surface area contributed by atoms with Gasteiger partial charge < -0.3 is 4.74 Å². The third-order valence-corrected chi connectivity index (χ3v) is 1.34. The van der Waals surface area contributed by atoms with Gasteiger partial charge in [-0.1, -0.05) is 0 Å². The highest BCUT2D eigenvalue weighted by Crippen LogP contribution is 2.08. The molecule has 64 valence electrons. The van der Waals surface area contributed by atoms with E-state index in [1.165, 1.54) is 6.92 Å². The number of carbonyl (C=O) groups is 1. The van der Waals surface area contributed by atoms with E-state index in [0.29, 0.717) is 0 Å². The highest BCUT2D eigenvalue weighted by atomic mass is 35.5. The second-order valence-corrected chi connectivity index (χ2v) is 2.15. The molecule has 11 heavy (non-hydrogen) atoms. The first-order chi connectivity index (χ1) is 5.13. The number of rotatable bonds is 3. The average molecular weight is 181 g/mol. The van der Waals surface area contributed by atoms with Gasteiger partial charge in [-0.15, -0.1) is 11.6 Å². The van der Waals surface area contributed by atoms with Crippen LogP contribution in [0.3, 0.4) is 0 Å². The Bertz CT molecular complexity index is 177. The first-order valence-corrected chi connectivity index (χ1v) is 3.75. The van der Waals surface area contributed by atoms with Crippen LogP contribution in [0.25, 0.3) is 0 Å². The Hall–Kier alpha value is -0.570. The SMILES string of the molecule is CCOC(=O)/C(C)=C(\F)CCl. The molecule has 0 bridgehead atoms. The summed E-state index contributed by atoms with van der Waals surface area (Å²) in [5, 5.41) is 0. The second kappa shape index (κ2) is 5.13. The van der Waals surface area contributed by atoms with Crippen LogP contribution in [0.5, 0.6) is 0 Å².